The number of rotatable bonds is 10. The zero-order valence-electron chi connectivity index (χ0n) is 28.4. The number of ether oxygens (including phenoxy) is 1. The van der Waals surface area contributed by atoms with E-state index in [1.807, 2.05) is 85.6 Å². The lowest BCUT2D eigenvalue weighted by Gasteiger charge is -2.29. The molecular weight excluding hydrogens is 618 g/mol. The maximum Gasteiger partial charge on any atom is 0.407 e. The van der Waals surface area contributed by atoms with E-state index in [0.29, 0.717) is 12.1 Å². The number of carbonyl (C=O) groups is 3. The number of hydrogen-bond donors (Lipinski definition) is 4. The zero-order chi connectivity index (χ0) is 34.3. The Morgan fingerprint density at radius 1 is 0.898 bits per heavy atom. The molecule has 6 rings (SSSR count). The number of aromatic amines is 1. The average molecular weight is 664 g/mol. The quantitative estimate of drug-likeness (QED) is 0.178. The van der Waals surface area contributed by atoms with Gasteiger partial charge in [0.25, 0.3) is 5.91 Å². The summed E-state index contributed by atoms with van der Waals surface area (Å²) >= 11 is 0. The molecule has 0 saturated carbocycles. The van der Waals surface area contributed by atoms with Crippen molar-refractivity contribution in [2.75, 3.05) is 45.2 Å². The molecule has 3 heterocycles. The van der Waals surface area contributed by atoms with Gasteiger partial charge in [-0.25, -0.2) is 9.78 Å². The molecule has 2 saturated heterocycles. The molecule has 3 amide bonds. The van der Waals surface area contributed by atoms with Gasteiger partial charge in [0.05, 0.1) is 18.8 Å². The highest BCUT2D eigenvalue weighted by atomic mass is 16.5. The van der Waals surface area contributed by atoms with Crippen molar-refractivity contribution in [3.05, 3.63) is 95.9 Å². The Balaban J connectivity index is 1.06. The Morgan fingerprint density at radius 2 is 1.55 bits per heavy atom. The Labute approximate surface area is 287 Å². The van der Waals surface area contributed by atoms with Gasteiger partial charge < -0.3 is 30.6 Å². The van der Waals surface area contributed by atoms with E-state index in [1.54, 1.807) is 0 Å². The molecule has 2 fully saturated rings. The smallest absolute Gasteiger partial charge is 0.407 e. The van der Waals surface area contributed by atoms with Gasteiger partial charge in [-0.1, -0.05) is 62.4 Å². The van der Waals surface area contributed by atoms with Gasteiger partial charge in [0, 0.05) is 62.3 Å². The minimum absolute atomic E-state index is 0.0934. The summed E-state index contributed by atoms with van der Waals surface area (Å²) in [6.07, 6.45) is 2.90. The number of H-pyrrole nitrogens is 1. The predicted octanol–water partition coefficient (Wildman–Crippen LogP) is 5.45. The van der Waals surface area contributed by atoms with Crippen molar-refractivity contribution < 1.29 is 19.1 Å². The average Bonchev–Trinajstić information content (AvgIpc) is 3.82. The number of alkyl carbamates (subject to hydrolysis) is 1. The van der Waals surface area contributed by atoms with Crippen LogP contribution in [-0.4, -0.2) is 83.6 Å². The van der Waals surface area contributed by atoms with Crippen LogP contribution in [0.25, 0.3) is 22.4 Å². The van der Waals surface area contributed by atoms with E-state index in [9.17, 15) is 14.4 Å². The van der Waals surface area contributed by atoms with Gasteiger partial charge >= 0.3 is 6.09 Å². The van der Waals surface area contributed by atoms with E-state index in [1.165, 1.54) is 12.7 Å². The van der Waals surface area contributed by atoms with Gasteiger partial charge in [0.2, 0.25) is 5.91 Å². The highest BCUT2D eigenvalue weighted by Crippen LogP contribution is 2.33. The fraction of sp³-hybridized carbons (Fsp3) is 0.368. The lowest BCUT2D eigenvalue weighted by molar-refractivity contribution is -0.135. The van der Waals surface area contributed by atoms with E-state index in [4.69, 9.17) is 9.72 Å². The molecular formula is C38H45N7O4. The topological polar surface area (TPSA) is 132 Å². The molecule has 1 aromatic heterocycles. The number of hydrogen-bond acceptors (Lipinski definition) is 7. The van der Waals surface area contributed by atoms with Crippen LogP contribution in [0.4, 0.5) is 10.5 Å². The molecule has 2 atom stereocenters. The molecule has 11 heteroatoms. The van der Waals surface area contributed by atoms with Crippen molar-refractivity contribution in [2.45, 2.75) is 45.3 Å². The molecule has 256 valence electrons. The molecule has 4 N–H and O–H groups in total. The summed E-state index contributed by atoms with van der Waals surface area (Å²) in [5.74, 6) is 0.372. The number of nitrogens with zero attached hydrogens (tertiary/aromatic N) is 3. The second-order valence-electron chi connectivity index (χ2n) is 13.1. The zero-order valence-corrected chi connectivity index (χ0v) is 28.4. The normalized spacial score (nSPS) is 17.1. The Hall–Kier alpha value is -5.00. The first-order chi connectivity index (χ1) is 23.8. The Morgan fingerprint density at radius 3 is 2.20 bits per heavy atom. The van der Waals surface area contributed by atoms with Crippen LogP contribution in [0.5, 0.6) is 0 Å². The first kappa shape index (κ1) is 33.9. The highest BCUT2D eigenvalue weighted by molar-refractivity contribution is 6.04. The van der Waals surface area contributed by atoms with Crippen LogP contribution in [0, 0.1) is 5.92 Å². The van der Waals surface area contributed by atoms with Crippen LogP contribution >= 0.6 is 0 Å². The van der Waals surface area contributed by atoms with E-state index < -0.39 is 12.1 Å². The van der Waals surface area contributed by atoms with Crippen LogP contribution in [0.1, 0.15) is 54.5 Å². The fourth-order valence-electron chi connectivity index (χ4n) is 6.52. The van der Waals surface area contributed by atoms with Crippen molar-refractivity contribution >= 4 is 23.6 Å². The summed E-state index contributed by atoms with van der Waals surface area (Å²) in [6, 6.07) is 23.0. The molecule has 3 aromatic carbocycles. The number of anilines is 1. The van der Waals surface area contributed by atoms with Crippen LogP contribution in [-0.2, 0) is 16.1 Å². The van der Waals surface area contributed by atoms with E-state index in [2.05, 4.69) is 38.0 Å². The molecule has 0 aliphatic carbocycles. The highest BCUT2D eigenvalue weighted by Gasteiger charge is 2.37. The lowest BCUT2D eigenvalue weighted by Crippen LogP contribution is -2.51. The van der Waals surface area contributed by atoms with Gasteiger partial charge in [-0.3, -0.25) is 14.5 Å². The molecule has 4 aromatic rings. The number of likely N-dealkylation sites (tertiary alicyclic amines) is 1. The molecule has 11 nitrogen and oxygen atoms in total. The predicted molar refractivity (Wildman–Crippen MR) is 190 cm³/mol. The largest absolute Gasteiger partial charge is 0.453 e. The van der Waals surface area contributed by atoms with Crippen LogP contribution in [0.15, 0.2) is 79.0 Å². The first-order valence-corrected chi connectivity index (χ1v) is 17.0. The Bertz CT molecular complexity index is 1730. The summed E-state index contributed by atoms with van der Waals surface area (Å²) in [4.78, 5) is 50.7. The summed E-state index contributed by atoms with van der Waals surface area (Å²) < 4.78 is 4.74. The van der Waals surface area contributed by atoms with Gasteiger partial charge in [0.1, 0.15) is 11.9 Å². The minimum atomic E-state index is -0.676. The van der Waals surface area contributed by atoms with Crippen LogP contribution in [0.3, 0.4) is 0 Å². The van der Waals surface area contributed by atoms with Crippen molar-refractivity contribution in [3.63, 3.8) is 0 Å². The third-order valence-corrected chi connectivity index (χ3v) is 9.33. The van der Waals surface area contributed by atoms with Crippen LogP contribution < -0.4 is 16.0 Å². The summed E-state index contributed by atoms with van der Waals surface area (Å²) in [5.41, 5.74) is 6.40. The fourth-order valence-corrected chi connectivity index (χ4v) is 6.52. The van der Waals surface area contributed by atoms with Crippen molar-refractivity contribution in [2.24, 2.45) is 5.92 Å². The molecule has 0 spiro atoms. The van der Waals surface area contributed by atoms with Crippen molar-refractivity contribution in [1.29, 1.82) is 0 Å². The van der Waals surface area contributed by atoms with Gasteiger partial charge in [-0.05, 0) is 59.7 Å². The van der Waals surface area contributed by atoms with E-state index >= 15 is 0 Å². The van der Waals surface area contributed by atoms with Gasteiger partial charge in [-0.15, -0.1) is 0 Å². The number of piperazine rings is 1. The number of benzene rings is 3. The molecule has 2 aliphatic heterocycles. The monoisotopic (exact) mass is 663 g/mol. The number of methoxy groups -OCH3 is 1. The second kappa shape index (κ2) is 15.5. The Kier molecular flexibility index (Phi) is 10.7. The minimum Gasteiger partial charge on any atom is -0.453 e. The third-order valence-electron chi connectivity index (χ3n) is 9.33. The summed E-state index contributed by atoms with van der Waals surface area (Å²) in [6.45, 7) is 9.42. The lowest BCUT2D eigenvalue weighted by atomic mass is 10.0. The molecule has 2 aliphatic rings. The maximum absolute atomic E-state index is 13.5. The van der Waals surface area contributed by atoms with E-state index in [0.717, 1.165) is 79.5 Å². The van der Waals surface area contributed by atoms with Crippen molar-refractivity contribution in [1.82, 2.24) is 30.4 Å². The first-order valence-electron chi connectivity index (χ1n) is 17.0. The number of amides is 3. The molecule has 0 bridgehead atoms. The van der Waals surface area contributed by atoms with Crippen LogP contribution in [0.2, 0.25) is 0 Å². The van der Waals surface area contributed by atoms with Gasteiger partial charge in [-0.2, -0.15) is 0 Å². The third kappa shape index (κ3) is 8.18. The summed E-state index contributed by atoms with van der Waals surface area (Å²) in [5, 5.41) is 9.07. The summed E-state index contributed by atoms with van der Waals surface area (Å²) in [7, 11) is 1.29. The maximum atomic E-state index is 13.5. The van der Waals surface area contributed by atoms with Gasteiger partial charge in [0.15, 0.2) is 0 Å². The standard InChI is InChI=1S/C38H45N7O4/c1-25(2)34(43-38(48)49-3)37(47)45-20-4-5-33(45)35-40-23-32(42-35)29-12-10-27(11-13-29)28-14-16-31(17-15-28)41-36(46)30-8-6-26(7-9-30)24-44-21-18-39-19-22-44/h6-17,23,25,33-34,39H,4-5,18-22,24H2,1-3H3,(H,40,42)(H,41,46)(H,43,48)/t33-,34-/m0/s1. The number of imidazole rings is 1. The number of carbonyl (C=O) groups excluding carboxylic acids is 3. The molecule has 0 unspecified atom stereocenters. The SMILES string of the molecule is COC(=O)N[C@H](C(=O)N1CCC[C@H]1c1nc(-c2ccc(-c3ccc(NC(=O)c4ccc(CN5CCNCC5)cc4)cc3)cc2)c[nH]1)C(C)C. The molecule has 49 heavy (non-hydrogen) atoms. The number of nitrogens with one attached hydrogen (secondary N) is 4. The van der Waals surface area contributed by atoms with Crippen molar-refractivity contribution in [3.8, 4) is 22.4 Å². The van der Waals surface area contributed by atoms with E-state index in [-0.39, 0.29) is 23.8 Å². The molecule has 0 radical (unpaired) electrons. The number of aromatic nitrogens is 2. The second-order valence-corrected chi connectivity index (χ2v) is 13.1.